The number of carbonyl (C=O) groups is 1. The van der Waals surface area contributed by atoms with E-state index in [1.807, 2.05) is 0 Å². The molecule has 0 aliphatic carbocycles. The molecule has 0 saturated heterocycles. The van der Waals surface area contributed by atoms with Gasteiger partial charge in [-0.2, -0.15) is 4.52 Å². The Kier molecular flexibility index (Phi) is 3.25. The van der Waals surface area contributed by atoms with Crippen molar-refractivity contribution in [1.29, 1.82) is 0 Å². The Bertz CT molecular complexity index is 925. The lowest BCUT2D eigenvalue weighted by molar-refractivity contribution is 0.0655. The van der Waals surface area contributed by atoms with Crippen LogP contribution < -0.4 is 5.56 Å². The molecule has 0 aliphatic heterocycles. The van der Waals surface area contributed by atoms with E-state index in [4.69, 9.17) is 9.52 Å². The Morgan fingerprint density at radius 2 is 2.05 bits per heavy atom. The predicted molar refractivity (Wildman–Crippen MR) is 74.6 cm³/mol. The van der Waals surface area contributed by atoms with Crippen LogP contribution in [0.2, 0.25) is 0 Å². The molecule has 22 heavy (non-hydrogen) atoms. The molecule has 2 aromatic heterocycles. The molecule has 2 heterocycles. The third kappa shape index (κ3) is 2.37. The number of rotatable bonds is 3. The quantitative estimate of drug-likeness (QED) is 0.800. The monoisotopic (exact) mass is 302 g/mol. The van der Waals surface area contributed by atoms with Crippen LogP contribution in [0.5, 0.6) is 0 Å². The van der Waals surface area contributed by atoms with Crippen molar-refractivity contribution in [2.24, 2.45) is 0 Å². The third-order valence-corrected chi connectivity index (χ3v) is 3.26. The highest BCUT2D eigenvalue weighted by atomic mass is 19.1. The number of benzene rings is 1. The highest BCUT2D eigenvalue weighted by Gasteiger charge is 2.17. The summed E-state index contributed by atoms with van der Waals surface area (Å²) in [6.07, 6.45) is 0.290. The van der Waals surface area contributed by atoms with Crippen LogP contribution in [0, 0.1) is 12.7 Å². The first-order chi connectivity index (χ1) is 10.5. The SMILES string of the molecule is Cc1cc(Cc2ccc(F)cc2)c(=O)n2nc(C(=O)O)oc12. The number of nitrogens with zero attached hydrogens (tertiary/aromatic N) is 2. The summed E-state index contributed by atoms with van der Waals surface area (Å²) in [4.78, 5) is 23.3. The number of fused-ring (bicyclic) bond motifs is 1. The number of aromatic nitrogens is 2. The summed E-state index contributed by atoms with van der Waals surface area (Å²) in [5.74, 6) is -2.24. The van der Waals surface area contributed by atoms with Crippen molar-refractivity contribution >= 4 is 11.7 Å². The summed E-state index contributed by atoms with van der Waals surface area (Å²) < 4.78 is 18.9. The van der Waals surface area contributed by atoms with Crippen LogP contribution in [-0.2, 0) is 6.42 Å². The number of hydrogen-bond acceptors (Lipinski definition) is 4. The average molecular weight is 302 g/mol. The maximum Gasteiger partial charge on any atom is 0.393 e. The van der Waals surface area contributed by atoms with Gasteiger partial charge in [0.15, 0.2) is 0 Å². The Labute approximate surface area is 123 Å². The number of aryl methyl sites for hydroxylation is 1. The highest BCUT2D eigenvalue weighted by Crippen LogP contribution is 2.14. The van der Waals surface area contributed by atoms with E-state index >= 15 is 0 Å². The Morgan fingerprint density at radius 1 is 1.36 bits per heavy atom. The maximum atomic E-state index is 12.9. The number of pyridine rings is 1. The van der Waals surface area contributed by atoms with Gasteiger partial charge in [0, 0.05) is 17.5 Å². The van der Waals surface area contributed by atoms with Crippen molar-refractivity contribution in [3.8, 4) is 0 Å². The predicted octanol–water partition coefficient (Wildman–Crippen LogP) is 2.02. The molecule has 0 aliphatic rings. The zero-order valence-corrected chi connectivity index (χ0v) is 11.5. The molecule has 6 nitrogen and oxygen atoms in total. The fraction of sp³-hybridized carbons (Fsp3) is 0.133. The molecular weight excluding hydrogens is 291 g/mol. The number of carboxylic acid groups (broad SMARTS) is 1. The van der Waals surface area contributed by atoms with Crippen LogP contribution in [0.4, 0.5) is 4.39 Å². The van der Waals surface area contributed by atoms with Crippen LogP contribution in [-0.4, -0.2) is 20.7 Å². The summed E-state index contributed by atoms with van der Waals surface area (Å²) in [5.41, 5.74) is 1.43. The molecule has 7 heteroatoms. The molecule has 0 saturated carbocycles. The fourth-order valence-corrected chi connectivity index (χ4v) is 2.23. The summed E-state index contributed by atoms with van der Waals surface area (Å²) in [6, 6.07) is 7.43. The fourth-order valence-electron chi connectivity index (χ4n) is 2.23. The second kappa shape index (κ2) is 5.10. The van der Waals surface area contributed by atoms with Crippen LogP contribution in [0.1, 0.15) is 27.4 Å². The first-order valence-corrected chi connectivity index (χ1v) is 6.46. The molecule has 1 aromatic carbocycles. The van der Waals surface area contributed by atoms with Gasteiger partial charge in [0.05, 0.1) is 0 Å². The van der Waals surface area contributed by atoms with Crippen molar-refractivity contribution in [2.45, 2.75) is 13.3 Å². The minimum Gasteiger partial charge on any atom is -0.474 e. The van der Waals surface area contributed by atoms with Crippen LogP contribution in [0.15, 0.2) is 39.5 Å². The van der Waals surface area contributed by atoms with Gasteiger partial charge in [-0.25, -0.2) is 9.18 Å². The van der Waals surface area contributed by atoms with Crippen LogP contribution >= 0.6 is 0 Å². The summed E-state index contributed by atoms with van der Waals surface area (Å²) in [7, 11) is 0. The first kappa shape index (κ1) is 14.0. The molecule has 3 rings (SSSR count). The first-order valence-electron chi connectivity index (χ1n) is 6.46. The molecule has 0 amide bonds. The molecule has 112 valence electrons. The smallest absolute Gasteiger partial charge is 0.393 e. The van der Waals surface area contributed by atoms with E-state index in [2.05, 4.69) is 5.10 Å². The van der Waals surface area contributed by atoms with Gasteiger partial charge in [0.2, 0.25) is 5.71 Å². The van der Waals surface area contributed by atoms with Gasteiger partial charge in [0.1, 0.15) is 5.82 Å². The number of carboxylic acids is 1. The number of aromatic carboxylic acids is 1. The normalized spacial score (nSPS) is 11.0. The molecule has 0 bridgehead atoms. The second-order valence-corrected chi connectivity index (χ2v) is 4.89. The number of halogens is 1. The Balaban J connectivity index is 2.10. The zero-order valence-electron chi connectivity index (χ0n) is 11.5. The molecule has 0 spiro atoms. The van der Waals surface area contributed by atoms with E-state index in [9.17, 15) is 14.0 Å². The lowest BCUT2D eigenvalue weighted by atomic mass is 10.1. The van der Waals surface area contributed by atoms with E-state index in [1.165, 1.54) is 12.1 Å². The molecule has 0 unspecified atom stereocenters. The van der Waals surface area contributed by atoms with Gasteiger partial charge in [-0.15, -0.1) is 5.10 Å². The van der Waals surface area contributed by atoms with Gasteiger partial charge in [-0.1, -0.05) is 12.1 Å². The van der Waals surface area contributed by atoms with Crippen LogP contribution in [0.3, 0.4) is 0 Å². The minimum atomic E-state index is -1.34. The molecule has 3 aromatic rings. The third-order valence-electron chi connectivity index (χ3n) is 3.26. The van der Waals surface area contributed by atoms with E-state index in [0.717, 1.165) is 10.1 Å². The highest BCUT2D eigenvalue weighted by molar-refractivity contribution is 5.82. The average Bonchev–Trinajstić information content (AvgIpc) is 2.93. The lowest BCUT2D eigenvalue weighted by Gasteiger charge is -2.03. The van der Waals surface area contributed by atoms with Crippen molar-refractivity contribution in [2.75, 3.05) is 0 Å². The summed E-state index contributed by atoms with van der Waals surface area (Å²) in [6.45, 7) is 1.69. The second-order valence-electron chi connectivity index (χ2n) is 4.89. The lowest BCUT2D eigenvalue weighted by Crippen LogP contribution is -2.20. The van der Waals surface area contributed by atoms with E-state index in [-0.39, 0.29) is 18.0 Å². The summed E-state index contributed by atoms with van der Waals surface area (Å²) in [5, 5.41) is 12.6. The molecule has 0 radical (unpaired) electrons. The minimum absolute atomic E-state index is 0.102. The molecular formula is C15H11FN2O4. The Morgan fingerprint density at radius 3 is 2.68 bits per heavy atom. The number of hydrogen-bond donors (Lipinski definition) is 1. The van der Waals surface area contributed by atoms with Gasteiger partial charge in [-0.3, -0.25) is 4.79 Å². The van der Waals surface area contributed by atoms with E-state index in [0.29, 0.717) is 11.1 Å². The maximum absolute atomic E-state index is 12.9. The van der Waals surface area contributed by atoms with Gasteiger partial charge >= 0.3 is 11.9 Å². The van der Waals surface area contributed by atoms with Gasteiger partial charge < -0.3 is 9.52 Å². The molecule has 0 atom stereocenters. The summed E-state index contributed by atoms with van der Waals surface area (Å²) >= 11 is 0. The van der Waals surface area contributed by atoms with Crippen molar-refractivity contribution in [3.63, 3.8) is 0 Å². The van der Waals surface area contributed by atoms with Crippen molar-refractivity contribution in [1.82, 2.24) is 9.61 Å². The van der Waals surface area contributed by atoms with E-state index in [1.54, 1.807) is 25.1 Å². The van der Waals surface area contributed by atoms with E-state index < -0.39 is 17.4 Å². The van der Waals surface area contributed by atoms with Crippen molar-refractivity contribution in [3.05, 3.63) is 69.1 Å². The van der Waals surface area contributed by atoms with Gasteiger partial charge in [-0.05, 0) is 30.7 Å². The standard InChI is InChI=1S/C15H11FN2O4/c1-8-6-10(7-9-2-4-11(16)5-3-9)13(19)18-14(8)22-12(17-18)15(20)21/h2-6H,7H2,1H3,(H,20,21). The van der Waals surface area contributed by atoms with Crippen LogP contribution in [0.25, 0.3) is 5.71 Å². The van der Waals surface area contributed by atoms with Crippen molar-refractivity contribution < 1.29 is 18.7 Å². The molecule has 1 N–H and O–H groups in total. The molecule has 0 fully saturated rings. The largest absolute Gasteiger partial charge is 0.474 e. The zero-order chi connectivity index (χ0) is 15.9. The topological polar surface area (TPSA) is 84.8 Å². The van der Waals surface area contributed by atoms with Gasteiger partial charge in [0.25, 0.3) is 5.56 Å². The Hall–Kier alpha value is -2.96.